The number of nitrogens with zero attached hydrogens (tertiary/aromatic N) is 5. The lowest BCUT2D eigenvalue weighted by atomic mass is 10.2. The standard InChI is InChI=1S/C20H19ClFN5O2/c21-18-11-15(22)2-1-14(18)12-27-13-19(23-24-27)20(29)26-9-7-25(8-10-26)16-3-5-17(28)6-4-16/h1-6,11,13,28H,7-10,12H2. The van der Waals surface area contributed by atoms with Crippen LogP contribution in [0.4, 0.5) is 10.1 Å². The highest BCUT2D eigenvalue weighted by Crippen LogP contribution is 2.21. The van der Waals surface area contributed by atoms with Crippen molar-refractivity contribution < 1.29 is 14.3 Å². The average molecular weight is 416 g/mol. The quantitative estimate of drug-likeness (QED) is 0.709. The molecule has 7 nitrogen and oxygen atoms in total. The maximum absolute atomic E-state index is 13.2. The molecule has 0 saturated carbocycles. The normalized spacial score (nSPS) is 14.3. The average Bonchev–Trinajstić information content (AvgIpc) is 3.19. The van der Waals surface area contributed by atoms with Crippen LogP contribution < -0.4 is 4.90 Å². The number of phenols is 1. The summed E-state index contributed by atoms with van der Waals surface area (Å²) in [7, 11) is 0. The molecule has 1 saturated heterocycles. The molecule has 4 rings (SSSR count). The summed E-state index contributed by atoms with van der Waals surface area (Å²) in [6.45, 7) is 2.81. The van der Waals surface area contributed by atoms with E-state index in [1.165, 1.54) is 16.8 Å². The van der Waals surface area contributed by atoms with E-state index < -0.39 is 5.82 Å². The molecule has 1 N–H and O–H groups in total. The summed E-state index contributed by atoms with van der Waals surface area (Å²) >= 11 is 6.05. The Morgan fingerprint density at radius 3 is 2.52 bits per heavy atom. The second-order valence-corrected chi connectivity index (χ2v) is 7.24. The van der Waals surface area contributed by atoms with Crippen LogP contribution in [0.3, 0.4) is 0 Å². The molecular weight excluding hydrogens is 397 g/mol. The van der Waals surface area contributed by atoms with Crippen molar-refractivity contribution in [3.05, 3.63) is 70.8 Å². The van der Waals surface area contributed by atoms with Crippen LogP contribution in [0.2, 0.25) is 5.02 Å². The van der Waals surface area contributed by atoms with Gasteiger partial charge in [-0.3, -0.25) is 4.79 Å². The molecule has 1 aliphatic heterocycles. The van der Waals surface area contributed by atoms with Gasteiger partial charge in [0.15, 0.2) is 5.69 Å². The van der Waals surface area contributed by atoms with Crippen LogP contribution in [0.1, 0.15) is 16.1 Å². The summed E-state index contributed by atoms with van der Waals surface area (Å²) in [5.74, 6) is -0.348. The molecule has 1 aromatic heterocycles. The second-order valence-electron chi connectivity index (χ2n) is 6.83. The van der Waals surface area contributed by atoms with Gasteiger partial charge in [-0.2, -0.15) is 0 Å². The molecule has 2 heterocycles. The van der Waals surface area contributed by atoms with E-state index in [9.17, 15) is 14.3 Å². The molecule has 0 atom stereocenters. The topological polar surface area (TPSA) is 74.5 Å². The van der Waals surface area contributed by atoms with Gasteiger partial charge in [-0.15, -0.1) is 5.10 Å². The number of carbonyl (C=O) groups excluding carboxylic acids is 1. The molecule has 0 radical (unpaired) electrons. The maximum Gasteiger partial charge on any atom is 0.276 e. The smallest absolute Gasteiger partial charge is 0.276 e. The zero-order valence-electron chi connectivity index (χ0n) is 15.5. The number of carbonyl (C=O) groups is 1. The Morgan fingerprint density at radius 1 is 1.10 bits per heavy atom. The zero-order chi connectivity index (χ0) is 20.4. The van der Waals surface area contributed by atoms with Crippen molar-refractivity contribution in [2.24, 2.45) is 0 Å². The van der Waals surface area contributed by atoms with Crippen molar-refractivity contribution in [3.8, 4) is 5.75 Å². The summed E-state index contributed by atoms with van der Waals surface area (Å²) in [6, 6.07) is 11.2. The number of benzene rings is 2. The number of halogens is 2. The first kappa shape index (κ1) is 19.2. The van der Waals surface area contributed by atoms with Gasteiger partial charge in [0.25, 0.3) is 5.91 Å². The number of phenolic OH excluding ortho intramolecular Hbond substituents is 1. The zero-order valence-corrected chi connectivity index (χ0v) is 16.3. The number of hydrogen-bond acceptors (Lipinski definition) is 5. The fraction of sp³-hybridized carbons (Fsp3) is 0.250. The molecule has 0 unspecified atom stereocenters. The van der Waals surface area contributed by atoms with Gasteiger partial charge in [0.05, 0.1) is 12.7 Å². The SMILES string of the molecule is O=C(c1cn(Cc2ccc(F)cc2Cl)nn1)N1CCN(c2ccc(O)cc2)CC1. The minimum atomic E-state index is -0.403. The molecule has 0 spiro atoms. The van der Waals surface area contributed by atoms with Crippen LogP contribution in [-0.4, -0.2) is 57.1 Å². The van der Waals surface area contributed by atoms with Crippen molar-refractivity contribution in [3.63, 3.8) is 0 Å². The molecular formula is C20H19ClFN5O2. The van der Waals surface area contributed by atoms with E-state index >= 15 is 0 Å². The third-order valence-corrected chi connectivity index (χ3v) is 5.24. The Bertz CT molecular complexity index is 1020. The Labute approximate surface area is 171 Å². The molecule has 9 heteroatoms. The third kappa shape index (κ3) is 4.32. The van der Waals surface area contributed by atoms with Crippen LogP contribution in [0.5, 0.6) is 5.75 Å². The fourth-order valence-electron chi connectivity index (χ4n) is 3.29. The Hall–Kier alpha value is -3.13. The fourth-order valence-corrected chi connectivity index (χ4v) is 3.52. The summed E-state index contributed by atoms with van der Waals surface area (Å²) in [4.78, 5) is 16.7. The van der Waals surface area contributed by atoms with E-state index in [4.69, 9.17) is 11.6 Å². The summed E-state index contributed by atoms with van der Waals surface area (Å²) in [5.41, 5.74) is 1.97. The number of hydrogen-bond donors (Lipinski definition) is 1. The number of amides is 1. The molecule has 150 valence electrons. The van der Waals surface area contributed by atoms with Crippen molar-refractivity contribution in [2.45, 2.75) is 6.54 Å². The Morgan fingerprint density at radius 2 is 1.83 bits per heavy atom. The van der Waals surface area contributed by atoms with Crippen LogP contribution in [-0.2, 0) is 6.54 Å². The van der Waals surface area contributed by atoms with Crippen molar-refractivity contribution >= 4 is 23.2 Å². The van der Waals surface area contributed by atoms with Gasteiger partial charge < -0.3 is 14.9 Å². The van der Waals surface area contributed by atoms with Crippen LogP contribution in [0, 0.1) is 5.82 Å². The number of aromatic hydroxyl groups is 1. The third-order valence-electron chi connectivity index (χ3n) is 4.89. The van der Waals surface area contributed by atoms with Gasteiger partial charge >= 0.3 is 0 Å². The molecule has 1 amide bonds. The van der Waals surface area contributed by atoms with Gasteiger partial charge in [0.2, 0.25) is 0 Å². The second kappa shape index (κ2) is 8.08. The Balaban J connectivity index is 1.37. The lowest BCUT2D eigenvalue weighted by molar-refractivity contribution is 0.0740. The summed E-state index contributed by atoms with van der Waals surface area (Å²) in [6.07, 6.45) is 1.58. The van der Waals surface area contributed by atoms with Crippen LogP contribution in [0.25, 0.3) is 0 Å². The van der Waals surface area contributed by atoms with Gasteiger partial charge in [0, 0.05) is 36.9 Å². The number of piperazine rings is 1. The Kier molecular flexibility index (Phi) is 5.35. The predicted octanol–water partition coefficient (Wildman–Crippen LogP) is 2.79. The lowest BCUT2D eigenvalue weighted by Crippen LogP contribution is -2.48. The van der Waals surface area contributed by atoms with E-state index in [0.717, 1.165) is 5.69 Å². The highest BCUT2D eigenvalue weighted by Gasteiger charge is 2.24. The first-order valence-corrected chi connectivity index (χ1v) is 9.55. The van der Waals surface area contributed by atoms with E-state index in [2.05, 4.69) is 15.2 Å². The van der Waals surface area contributed by atoms with Gasteiger partial charge in [-0.05, 0) is 42.0 Å². The molecule has 0 aliphatic carbocycles. The highest BCUT2D eigenvalue weighted by molar-refractivity contribution is 6.31. The van der Waals surface area contributed by atoms with Crippen molar-refractivity contribution in [1.82, 2.24) is 19.9 Å². The minimum Gasteiger partial charge on any atom is -0.508 e. The van der Waals surface area contributed by atoms with E-state index in [-0.39, 0.29) is 17.4 Å². The molecule has 1 fully saturated rings. The van der Waals surface area contributed by atoms with Gasteiger partial charge in [-0.25, -0.2) is 9.07 Å². The summed E-state index contributed by atoms with van der Waals surface area (Å²) in [5, 5.41) is 17.7. The molecule has 3 aromatic rings. The monoisotopic (exact) mass is 415 g/mol. The van der Waals surface area contributed by atoms with Crippen molar-refractivity contribution in [2.75, 3.05) is 31.1 Å². The molecule has 29 heavy (non-hydrogen) atoms. The molecule has 0 bridgehead atoms. The van der Waals surface area contributed by atoms with E-state index in [1.807, 2.05) is 12.1 Å². The van der Waals surface area contributed by atoms with Gasteiger partial charge in [0.1, 0.15) is 11.6 Å². The van der Waals surface area contributed by atoms with Crippen LogP contribution in [0.15, 0.2) is 48.7 Å². The molecule has 1 aliphatic rings. The van der Waals surface area contributed by atoms with Crippen LogP contribution >= 0.6 is 11.6 Å². The first-order chi connectivity index (χ1) is 14.0. The molecule has 2 aromatic carbocycles. The lowest BCUT2D eigenvalue weighted by Gasteiger charge is -2.35. The van der Waals surface area contributed by atoms with Crippen molar-refractivity contribution in [1.29, 1.82) is 0 Å². The predicted molar refractivity (Wildman–Crippen MR) is 107 cm³/mol. The number of anilines is 1. The van der Waals surface area contributed by atoms with E-state index in [1.54, 1.807) is 29.3 Å². The first-order valence-electron chi connectivity index (χ1n) is 9.17. The highest BCUT2D eigenvalue weighted by atomic mass is 35.5. The largest absolute Gasteiger partial charge is 0.508 e. The van der Waals surface area contributed by atoms with E-state index in [0.29, 0.717) is 43.3 Å². The maximum atomic E-state index is 13.2. The van der Waals surface area contributed by atoms with Gasteiger partial charge in [-0.1, -0.05) is 22.9 Å². The number of aromatic nitrogens is 3. The minimum absolute atomic E-state index is 0.174. The number of rotatable bonds is 4. The summed E-state index contributed by atoms with van der Waals surface area (Å²) < 4.78 is 14.7.